The summed E-state index contributed by atoms with van der Waals surface area (Å²) in [5.41, 5.74) is 0.908. The Hall–Kier alpha value is -2.43. The van der Waals surface area contributed by atoms with Gasteiger partial charge >= 0.3 is 5.97 Å². The van der Waals surface area contributed by atoms with Crippen molar-refractivity contribution in [2.45, 2.75) is 124 Å². The topological polar surface area (TPSA) is 61.3 Å². The van der Waals surface area contributed by atoms with E-state index in [1.165, 1.54) is 77.0 Å². The van der Waals surface area contributed by atoms with Crippen LogP contribution in [0.3, 0.4) is 0 Å². The molecule has 2 rings (SSSR count). The molecule has 1 heterocycles. The SMILES string of the molecule is CCCCCCCCCCCCOc1ccc(-c2ncc(OC(=O)CCCCCC(C)CC)cn2)cc1. The molecule has 206 valence electrons. The third-order valence-electron chi connectivity index (χ3n) is 7.01. The zero-order valence-electron chi connectivity index (χ0n) is 23.7. The van der Waals surface area contributed by atoms with Crippen LogP contribution in [0.2, 0.25) is 0 Å². The summed E-state index contributed by atoms with van der Waals surface area (Å²) in [5.74, 6) is 2.41. The highest BCUT2D eigenvalue weighted by Gasteiger charge is 2.08. The lowest BCUT2D eigenvalue weighted by atomic mass is 10.0. The quantitative estimate of drug-likeness (QED) is 0.124. The number of hydrogen-bond donors (Lipinski definition) is 0. The van der Waals surface area contributed by atoms with Gasteiger partial charge in [-0.25, -0.2) is 9.97 Å². The van der Waals surface area contributed by atoms with E-state index in [9.17, 15) is 4.79 Å². The van der Waals surface area contributed by atoms with Gasteiger partial charge in [0, 0.05) is 12.0 Å². The fourth-order valence-corrected chi connectivity index (χ4v) is 4.32. The van der Waals surface area contributed by atoms with Gasteiger partial charge in [0.2, 0.25) is 0 Å². The van der Waals surface area contributed by atoms with Gasteiger partial charge in [-0.2, -0.15) is 0 Å². The maximum Gasteiger partial charge on any atom is 0.311 e. The largest absolute Gasteiger partial charge is 0.494 e. The molecule has 0 bridgehead atoms. The minimum Gasteiger partial charge on any atom is -0.494 e. The second kappa shape index (κ2) is 19.7. The second-order valence-corrected chi connectivity index (χ2v) is 10.4. The van der Waals surface area contributed by atoms with Crippen LogP contribution in [0.25, 0.3) is 11.4 Å². The number of aromatic nitrogens is 2. The molecule has 1 atom stereocenters. The highest BCUT2D eigenvalue weighted by atomic mass is 16.5. The van der Waals surface area contributed by atoms with Crippen molar-refractivity contribution in [2.75, 3.05) is 6.61 Å². The van der Waals surface area contributed by atoms with E-state index in [0.717, 1.165) is 43.1 Å². The van der Waals surface area contributed by atoms with E-state index in [2.05, 4.69) is 30.7 Å². The van der Waals surface area contributed by atoms with Gasteiger partial charge in [0.05, 0.1) is 19.0 Å². The van der Waals surface area contributed by atoms with Crippen molar-refractivity contribution in [3.05, 3.63) is 36.7 Å². The van der Waals surface area contributed by atoms with Crippen LogP contribution in [0.1, 0.15) is 124 Å². The smallest absolute Gasteiger partial charge is 0.311 e. The lowest BCUT2D eigenvalue weighted by Crippen LogP contribution is -2.08. The minimum atomic E-state index is -0.219. The van der Waals surface area contributed by atoms with Crippen molar-refractivity contribution in [3.63, 3.8) is 0 Å². The number of unbranched alkanes of at least 4 members (excludes halogenated alkanes) is 11. The number of carbonyl (C=O) groups excluding carboxylic acids is 1. The van der Waals surface area contributed by atoms with E-state index in [1.807, 2.05) is 24.3 Å². The van der Waals surface area contributed by atoms with E-state index < -0.39 is 0 Å². The summed E-state index contributed by atoms with van der Waals surface area (Å²) in [6.45, 7) is 7.52. The second-order valence-electron chi connectivity index (χ2n) is 10.4. The van der Waals surface area contributed by atoms with Crippen molar-refractivity contribution in [1.82, 2.24) is 9.97 Å². The van der Waals surface area contributed by atoms with E-state index >= 15 is 0 Å². The normalized spacial score (nSPS) is 11.9. The molecule has 0 N–H and O–H groups in total. The number of benzene rings is 1. The third kappa shape index (κ3) is 14.2. The number of nitrogens with zero attached hydrogens (tertiary/aromatic N) is 2. The van der Waals surface area contributed by atoms with Crippen molar-refractivity contribution in [2.24, 2.45) is 5.92 Å². The van der Waals surface area contributed by atoms with Crippen LogP contribution in [0.5, 0.6) is 11.5 Å². The third-order valence-corrected chi connectivity index (χ3v) is 7.01. The molecule has 2 aromatic rings. The van der Waals surface area contributed by atoms with Crippen LogP contribution >= 0.6 is 0 Å². The summed E-state index contributed by atoms with van der Waals surface area (Å²) in [6.07, 6.45) is 22.3. The van der Waals surface area contributed by atoms with Gasteiger partial charge in [-0.1, -0.05) is 104 Å². The zero-order valence-corrected chi connectivity index (χ0v) is 23.7. The summed E-state index contributed by atoms with van der Waals surface area (Å²) in [4.78, 5) is 20.8. The molecule has 0 spiro atoms. The molecular weight excluding hydrogens is 460 g/mol. The van der Waals surface area contributed by atoms with Gasteiger partial charge in [-0.15, -0.1) is 0 Å². The molecule has 1 aromatic carbocycles. The zero-order chi connectivity index (χ0) is 26.6. The van der Waals surface area contributed by atoms with Gasteiger partial charge in [-0.3, -0.25) is 4.79 Å². The molecule has 0 amide bonds. The van der Waals surface area contributed by atoms with Crippen LogP contribution in [-0.4, -0.2) is 22.5 Å². The first-order valence-electron chi connectivity index (χ1n) is 14.9. The van der Waals surface area contributed by atoms with Gasteiger partial charge < -0.3 is 9.47 Å². The molecule has 1 unspecified atom stereocenters. The fraction of sp³-hybridized carbons (Fsp3) is 0.656. The van der Waals surface area contributed by atoms with Crippen molar-refractivity contribution < 1.29 is 14.3 Å². The molecule has 0 radical (unpaired) electrons. The van der Waals surface area contributed by atoms with Crippen molar-refractivity contribution >= 4 is 5.97 Å². The van der Waals surface area contributed by atoms with Crippen LogP contribution in [-0.2, 0) is 4.79 Å². The Morgan fingerprint density at radius 3 is 1.97 bits per heavy atom. The maximum absolute atomic E-state index is 12.1. The number of hydrogen-bond acceptors (Lipinski definition) is 5. The minimum absolute atomic E-state index is 0.219. The Morgan fingerprint density at radius 2 is 1.35 bits per heavy atom. The van der Waals surface area contributed by atoms with Gasteiger partial charge in [0.25, 0.3) is 0 Å². The molecule has 5 nitrogen and oxygen atoms in total. The van der Waals surface area contributed by atoms with Gasteiger partial charge in [0.1, 0.15) is 5.75 Å². The summed E-state index contributed by atoms with van der Waals surface area (Å²) < 4.78 is 11.3. The highest BCUT2D eigenvalue weighted by Crippen LogP contribution is 2.21. The van der Waals surface area contributed by atoms with E-state index in [0.29, 0.717) is 18.0 Å². The molecule has 0 aliphatic heterocycles. The molecule has 1 aromatic heterocycles. The molecule has 0 aliphatic carbocycles. The van der Waals surface area contributed by atoms with Crippen LogP contribution < -0.4 is 9.47 Å². The average Bonchev–Trinajstić information content (AvgIpc) is 2.92. The molecule has 5 heteroatoms. The summed E-state index contributed by atoms with van der Waals surface area (Å²) in [7, 11) is 0. The Labute approximate surface area is 225 Å². The van der Waals surface area contributed by atoms with E-state index in [4.69, 9.17) is 9.47 Å². The number of carbonyl (C=O) groups is 1. The van der Waals surface area contributed by atoms with Crippen molar-refractivity contribution in [3.8, 4) is 22.9 Å². The molecular formula is C32H50N2O3. The number of esters is 1. The van der Waals surface area contributed by atoms with Crippen molar-refractivity contribution in [1.29, 1.82) is 0 Å². The molecule has 0 aliphatic rings. The molecule has 37 heavy (non-hydrogen) atoms. The number of rotatable bonds is 21. The average molecular weight is 511 g/mol. The van der Waals surface area contributed by atoms with Gasteiger partial charge in [0.15, 0.2) is 11.6 Å². The Kier molecular flexibility index (Phi) is 16.4. The van der Waals surface area contributed by atoms with Crippen LogP contribution in [0.4, 0.5) is 0 Å². The summed E-state index contributed by atoms with van der Waals surface area (Å²) >= 11 is 0. The van der Waals surface area contributed by atoms with Crippen LogP contribution in [0, 0.1) is 5.92 Å². The molecule has 0 saturated carbocycles. The maximum atomic E-state index is 12.1. The summed E-state index contributed by atoms with van der Waals surface area (Å²) in [6, 6.07) is 7.86. The van der Waals surface area contributed by atoms with E-state index in [1.54, 1.807) is 12.4 Å². The first kappa shape index (κ1) is 30.8. The Balaban J connectivity index is 1.59. The van der Waals surface area contributed by atoms with E-state index in [-0.39, 0.29) is 5.97 Å². The monoisotopic (exact) mass is 510 g/mol. The highest BCUT2D eigenvalue weighted by molar-refractivity contribution is 5.72. The van der Waals surface area contributed by atoms with Gasteiger partial charge in [-0.05, 0) is 43.0 Å². The first-order chi connectivity index (χ1) is 18.1. The predicted molar refractivity (Wildman–Crippen MR) is 153 cm³/mol. The molecule has 0 fully saturated rings. The standard InChI is InChI=1S/C32H50N2O3/c1-4-6-7-8-9-10-11-12-13-17-24-36-29-22-20-28(21-23-29)32-33-25-30(26-34-32)37-31(35)19-16-14-15-18-27(3)5-2/h20-23,25-27H,4-19,24H2,1-3H3. The van der Waals surface area contributed by atoms with Crippen LogP contribution in [0.15, 0.2) is 36.7 Å². The lowest BCUT2D eigenvalue weighted by molar-refractivity contribution is -0.134. The fourth-order valence-electron chi connectivity index (χ4n) is 4.32. The Bertz CT molecular complexity index is 836. The number of ether oxygens (including phenoxy) is 2. The Morgan fingerprint density at radius 1 is 0.757 bits per heavy atom. The summed E-state index contributed by atoms with van der Waals surface area (Å²) in [5, 5.41) is 0. The predicted octanol–water partition coefficient (Wildman–Crippen LogP) is 9.35. The lowest BCUT2D eigenvalue weighted by Gasteiger charge is -2.08. The molecule has 0 saturated heterocycles. The first-order valence-corrected chi connectivity index (χ1v) is 14.9.